The minimum atomic E-state index is 0.0482. The number of carbonyl (C=O) groups excluding carboxylic acids is 1. The maximum atomic E-state index is 12.6. The summed E-state index contributed by atoms with van der Waals surface area (Å²) in [6, 6.07) is 14.7. The Morgan fingerprint density at radius 3 is 2.70 bits per heavy atom. The van der Waals surface area contributed by atoms with Gasteiger partial charge in [-0.2, -0.15) is 0 Å². The molecule has 0 radical (unpaired) electrons. The van der Waals surface area contributed by atoms with E-state index in [-0.39, 0.29) is 12.1 Å². The lowest BCUT2D eigenvalue weighted by Crippen LogP contribution is -2.48. The van der Waals surface area contributed by atoms with Crippen LogP contribution < -0.4 is 5.32 Å². The molecule has 0 saturated carbocycles. The summed E-state index contributed by atoms with van der Waals surface area (Å²) >= 11 is 0. The third-order valence-corrected chi connectivity index (χ3v) is 4.51. The highest BCUT2D eigenvalue weighted by molar-refractivity contribution is 5.75. The van der Waals surface area contributed by atoms with Crippen LogP contribution in [0.25, 0.3) is 0 Å². The van der Waals surface area contributed by atoms with Crippen molar-refractivity contribution in [3.05, 3.63) is 59.9 Å². The lowest BCUT2D eigenvalue weighted by atomic mass is 9.97. The molecule has 0 spiro atoms. The Morgan fingerprint density at radius 2 is 1.96 bits per heavy atom. The van der Waals surface area contributed by atoms with Crippen LogP contribution in [0.15, 0.2) is 48.7 Å². The van der Waals surface area contributed by atoms with E-state index in [0.29, 0.717) is 12.5 Å². The predicted molar refractivity (Wildman–Crippen MR) is 92.3 cm³/mol. The second kappa shape index (κ2) is 6.90. The molecule has 1 aliphatic heterocycles. The quantitative estimate of drug-likeness (QED) is 0.922. The van der Waals surface area contributed by atoms with Crippen LogP contribution in [0, 0.1) is 5.92 Å². The van der Waals surface area contributed by atoms with Crippen molar-refractivity contribution in [3.63, 3.8) is 0 Å². The fraction of sp³-hybridized carbons (Fsp3) is 0.421. The SMILES string of the molecule is CC(C)C1c2cccn2CCN1C(=O)NCCc1ccccc1. The molecule has 23 heavy (non-hydrogen) atoms. The minimum absolute atomic E-state index is 0.0482. The van der Waals surface area contributed by atoms with E-state index in [1.54, 1.807) is 0 Å². The Kier molecular flexibility index (Phi) is 4.70. The van der Waals surface area contributed by atoms with Gasteiger partial charge in [0.05, 0.1) is 6.04 Å². The average Bonchev–Trinajstić information content (AvgIpc) is 3.03. The minimum Gasteiger partial charge on any atom is -0.348 e. The number of hydrogen-bond donors (Lipinski definition) is 1. The standard InChI is InChI=1S/C19H25N3O/c1-15(2)18-17-9-6-12-21(17)13-14-22(18)19(23)20-11-10-16-7-4-3-5-8-16/h3-9,12,15,18H,10-11,13-14H2,1-2H3,(H,20,23). The fourth-order valence-electron chi connectivity index (χ4n) is 3.40. The summed E-state index contributed by atoms with van der Waals surface area (Å²) in [7, 11) is 0. The zero-order chi connectivity index (χ0) is 16.2. The number of nitrogens with zero attached hydrogens (tertiary/aromatic N) is 2. The first-order chi connectivity index (χ1) is 11.2. The number of carbonyl (C=O) groups is 1. The second-order valence-electron chi connectivity index (χ2n) is 6.48. The van der Waals surface area contributed by atoms with Crippen molar-refractivity contribution in [2.45, 2.75) is 32.9 Å². The van der Waals surface area contributed by atoms with Gasteiger partial charge in [-0.3, -0.25) is 0 Å². The highest BCUT2D eigenvalue weighted by Gasteiger charge is 2.32. The normalized spacial score (nSPS) is 17.2. The van der Waals surface area contributed by atoms with Gasteiger partial charge in [-0.05, 0) is 30.0 Å². The van der Waals surface area contributed by atoms with E-state index < -0.39 is 0 Å². The number of aromatic nitrogens is 1. The summed E-state index contributed by atoms with van der Waals surface area (Å²) in [6.45, 7) is 6.67. The van der Waals surface area contributed by atoms with Crippen molar-refractivity contribution in [1.82, 2.24) is 14.8 Å². The first-order valence-electron chi connectivity index (χ1n) is 8.40. The molecule has 3 rings (SSSR count). The van der Waals surface area contributed by atoms with Gasteiger partial charge in [-0.25, -0.2) is 4.79 Å². The van der Waals surface area contributed by atoms with Crippen molar-refractivity contribution in [2.24, 2.45) is 5.92 Å². The maximum absolute atomic E-state index is 12.6. The van der Waals surface area contributed by atoms with E-state index in [1.165, 1.54) is 11.3 Å². The summed E-state index contributed by atoms with van der Waals surface area (Å²) in [6.07, 6.45) is 2.97. The fourth-order valence-corrected chi connectivity index (χ4v) is 3.40. The molecular formula is C19H25N3O. The van der Waals surface area contributed by atoms with Crippen LogP contribution in [-0.4, -0.2) is 28.6 Å². The van der Waals surface area contributed by atoms with Crippen LogP contribution in [0.2, 0.25) is 0 Å². The second-order valence-corrected chi connectivity index (χ2v) is 6.48. The van der Waals surface area contributed by atoms with Crippen LogP contribution >= 0.6 is 0 Å². The number of fused-ring (bicyclic) bond motifs is 1. The summed E-state index contributed by atoms with van der Waals surface area (Å²) in [5, 5.41) is 3.09. The Morgan fingerprint density at radius 1 is 1.17 bits per heavy atom. The first-order valence-corrected chi connectivity index (χ1v) is 8.40. The van der Waals surface area contributed by atoms with Crippen molar-refractivity contribution in [3.8, 4) is 0 Å². The van der Waals surface area contributed by atoms with Gasteiger partial charge in [0.15, 0.2) is 0 Å². The van der Waals surface area contributed by atoms with Crippen molar-refractivity contribution in [1.29, 1.82) is 0 Å². The topological polar surface area (TPSA) is 37.3 Å². The molecule has 0 bridgehead atoms. The largest absolute Gasteiger partial charge is 0.348 e. The zero-order valence-electron chi connectivity index (χ0n) is 13.9. The van der Waals surface area contributed by atoms with Crippen LogP contribution in [-0.2, 0) is 13.0 Å². The molecule has 0 aliphatic carbocycles. The van der Waals surface area contributed by atoms with Crippen LogP contribution in [0.5, 0.6) is 0 Å². The molecule has 1 unspecified atom stereocenters. The molecule has 2 aromatic rings. The van der Waals surface area contributed by atoms with E-state index in [9.17, 15) is 4.79 Å². The molecule has 0 saturated heterocycles. The average molecular weight is 311 g/mol. The Bertz CT molecular complexity index is 648. The van der Waals surface area contributed by atoms with E-state index >= 15 is 0 Å². The molecule has 1 N–H and O–H groups in total. The van der Waals surface area contributed by atoms with Gasteiger partial charge in [-0.15, -0.1) is 0 Å². The smallest absolute Gasteiger partial charge is 0.318 e. The van der Waals surface area contributed by atoms with Crippen LogP contribution in [0.3, 0.4) is 0 Å². The monoisotopic (exact) mass is 311 g/mol. The highest BCUT2D eigenvalue weighted by atomic mass is 16.2. The third kappa shape index (κ3) is 3.41. The van der Waals surface area contributed by atoms with Gasteiger partial charge >= 0.3 is 6.03 Å². The van der Waals surface area contributed by atoms with E-state index in [4.69, 9.17) is 0 Å². The zero-order valence-corrected chi connectivity index (χ0v) is 13.9. The molecule has 2 heterocycles. The number of hydrogen-bond acceptors (Lipinski definition) is 1. The summed E-state index contributed by atoms with van der Waals surface area (Å²) in [5.74, 6) is 0.392. The van der Waals surface area contributed by atoms with Gasteiger partial charge < -0.3 is 14.8 Å². The Balaban J connectivity index is 1.62. The van der Waals surface area contributed by atoms with Crippen molar-refractivity contribution in [2.75, 3.05) is 13.1 Å². The molecule has 4 heteroatoms. The molecule has 122 valence electrons. The summed E-state index contributed by atoms with van der Waals surface area (Å²) in [5.41, 5.74) is 2.49. The molecule has 1 aromatic carbocycles. The summed E-state index contributed by atoms with van der Waals surface area (Å²) < 4.78 is 2.26. The highest BCUT2D eigenvalue weighted by Crippen LogP contribution is 2.32. The number of rotatable bonds is 4. The van der Waals surface area contributed by atoms with Gasteiger partial charge in [0.2, 0.25) is 0 Å². The number of benzene rings is 1. The van der Waals surface area contributed by atoms with Gasteiger partial charge in [0.1, 0.15) is 0 Å². The van der Waals surface area contributed by atoms with Crippen molar-refractivity contribution >= 4 is 6.03 Å². The molecular weight excluding hydrogens is 286 g/mol. The molecule has 1 aliphatic rings. The molecule has 0 fully saturated rings. The van der Waals surface area contributed by atoms with E-state index in [2.05, 4.69) is 54.2 Å². The Hall–Kier alpha value is -2.23. The molecule has 1 atom stereocenters. The molecule has 1 aromatic heterocycles. The lowest BCUT2D eigenvalue weighted by molar-refractivity contribution is 0.133. The van der Waals surface area contributed by atoms with Gasteiger partial charge in [-0.1, -0.05) is 44.2 Å². The van der Waals surface area contributed by atoms with Gasteiger partial charge in [0.25, 0.3) is 0 Å². The van der Waals surface area contributed by atoms with E-state index in [1.807, 2.05) is 23.1 Å². The third-order valence-electron chi connectivity index (χ3n) is 4.51. The number of urea groups is 1. The van der Waals surface area contributed by atoms with Crippen LogP contribution in [0.4, 0.5) is 4.79 Å². The van der Waals surface area contributed by atoms with Crippen molar-refractivity contribution < 1.29 is 4.79 Å². The number of amides is 2. The lowest BCUT2D eigenvalue weighted by Gasteiger charge is -2.39. The maximum Gasteiger partial charge on any atom is 0.318 e. The van der Waals surface area contributed by atoms with E-state index in [0.717, 1.165) is 19.5 Å². The predicted octanol–water partition coefficient (Wildman–Crippen LogP) is 3.45. The first kappa shape index (κ1) is 15.7. The Labute approximate surface area is 138 Å². The molecule has 4 nitrogen and oxygen atoms in total. The summed E-state index contributed by atoms with van der Waals surface area (Å²) in [4.78, 5) is 14.6. The molecule has 2 amide bonds. The van der Waals surface area contributed by atoms with Crippen LogP contribution in [0.1, 0.15) is 31.1 Å². The number of nitrogens with one attached hydrogen (secondary N) is 1. The van der Waals surface area contributed by atoms with Gasteiger partial charge in [0, 0.05) is 31.5 Å².